The van der Waals surface area contributed by atoms with Crippen molar-refractivity contribution < 1.29 is 13.6 Å². The molecule has 0 saturated heterocycles. The number of carbonyl (C=O) groups excluding carboxylic acids is 1. The van der Waals surface area contributed by atoms with E-state index in [9.17, 15) is 18.4 Å². The third kappa shape index (κ3) is 3.90. The van der Waals surface area contributed by atoms with Crippen LogP contribution < -0.4 is 10.9 Å². The minimum Gasteiger partial charge on any atom is -0.317 e. The van der Waals surface area contributed by atoms with E-state index < -0.39 is 23.1 Å². The lowest BCUT2D eigenvalue weighted by molar-refractivity contribution is 0.101. The van der Waals surface area contributed by atoms with Crippen molar-refractivity contribution in [2.24, 2.45) is 0 Å². The van der Waals surface area contributed by atoms with Gasteiger partial charge < -0.3 is 5.32 Å². The maximum absolute atomic E-state index is 14.0. The zero-order valence-corrected chi connectivity index (χ0v) is 18.5. The third-order valence-electron chi connectivity index (χ3n) is 5.33. The molecule has 0 aliphatic carbocycles. The maximum atomic E-state index is 14.0. The molecule has 10 heteroatoms. The summed E-state index contributed by atoms with van der Waals surface area (Å²) in [5.74, 6) is -2.88. The molecule has 3 aromatic carbocycles. The number of aromatic nitrogens is 4. The van der Waals surface area contributed by atoms with E-state index in [0.29, 0.717) is 22.1 Å². The topological polar surface area (TPSA) is 81.3 Å². The van der Waals surface area contributed by atoms with E-state index in [1.807, 2.05) is 31.2 Å². The average molecular weight is 480 g/mol. The summed E-state index contributed by atoms with van der Waals surface area (Å²) in [5, 5.41) is 7.09. The molecular weight excluding hydrogens is 464 g/mol. The van der Waals surface area contributed by atoms with Crippen molar-refractivity contribution in [2.75, 3.05) is 5.32 Å². The molecule has 0 bridgehead atoms. The van der Waals surface area contributed by atoms with Crippen LogP contribution in [0.5, 0.6) is 0 Å². The highest BCUT2D eigenvalue weighted by atomic mass is 35.5. The fraction of sp³-hybridized carbons (Fsp3) is 0.0833. The van der Waals surface area contributed by atoms with Crippen LogP contribution in [0.2, 0.25) is 5.02 Å². The van der Waals surface area contributed by atoms with E-state index in [4.69, 9.17) is 11.6 Å². The van der Waals surface area contributed by atoms with Gasteiger partial charge in [-0.3, -0.25) is 14.2 Å². The van der Waals surface area contributed by atoms with Crippen molar-refractivity contribution in [3.8, 4) is 0 Å². The fourth-order valence-electron chi connectivity index (χ4n) is 3.67. The first-order valence-corrected chi connectivity index (χ1v) is 10.6. The fourth-order valence-corrected chi connectivity index (χ4v) is 3.80. The Bertz CT molecular complexity index is 1640. The number of nitrogens with one attached hydrogen (secondary N) is 1. The number of aryl methyl sites for hydroxylation is 1. The Morgan fingerprint density at radius 3 is 2.53 bits per heavy atom. The van der Waals surface area contributed by atoms with Gasteiger partial charge >= 0.3 is 0 Å². The first-order valence-electron chi connectivity index (χ1n) is 10.2. The van der Waals surface area contributed by atoms with Crippen molar-refractivity contribution in [1.82, 2.24) is 19.2 Å². The molecule has 0 radical (unpaired) electrons. The highest BCUT2D eigenvalue weighted by molar-refractivity contribution is 6.30. The number of rotatable bonds is 4. The van der Waals surface area contributed by atoms with Gasteiger partial charge in [0.2, 0.25) is 11.5 Å². The molecule has 2 aromatic heterocycles. The van der Waals surface area contributed by atoms with Gasteiger partial charge in [0, 0.05) is 11.1 Å². The third-order valence-corrected chi connectivity index (χ3v) is 5.58. The second-order valence-electron chi connectivity index (χ2n) is 7.76. The van der Waals surface area contributed by atoms with Crippen molar-refractivity contribution in [2.45, 2.75) is 13.5 Å². The SMILES string of the molecule is Cc1ccc2c(c1)n(Cc1ccc(Cl)cc1)c(=O)c1nc(C(=O)Nc3ccc(F)cc3F)nn12. The lowest BCUT2D eigenvalue weighted by atomic mass is 10.2. The second-order valence-corrected chi connectivity index (χ2v) is 8.20. The smallest absolute Gasteiger partial charge is 0.296 e. The molecule has 0 spiro atoms. The lowest BCUT2D eigenvalue weighted by Gasteiger charge is -2.12. The van der Waals surface area contributed by atoms with E-state index in [0.717, 1.165) is 23.3 Å². The Hall–Kier alpha value is -4.11. The molecule has 170 valence electrons. The molecule has 5 aromatic rings. The summed E-state index contributed by atoms with van der Waals surface area (Å²) in [6.45, 7) is 2.15. The van der Waals surface area contributed by atoms with Gasteiger partial charge in [0.15, 0.2) is 0 Å². The van der Waals surface area contributed by atoms with Crippen LogP contribution in [-0.4, -0.2) is 25.1 Å². The minimum absolute atomic E-state index is 0.0601. The van der Waals surface area contributed by atoms with Crippen LogP contribution in [0.25, 0.3) is 16.7 Å². The molecule has 0 saturated carbocycles. The van der Waals surface area contributed by atoms with Crippen molar-refractivity contribution in [1.29, 1.82) is 0 Å². The van der Waals surface area contributed by atoms with E-state index in [1.54, 1.807) is 22.8 Å². The van der Waals surface area contributed by atoms with Crippen LogP contribution in [-0.2, 0) is 6.54 Å². The quantitative estimate of drug-likeness (QED) is 0.409. The van der Waals surface area contributed by atoms with Gasteiger partial charge in [-0.2, -0.15) is 4.98 Å². The van der Waals surface area contributed by atoms with Crippen molar-refractivity contribution in [3.05, 3.63) is 105 Å². The lowest BCUT2D eigenvalue weighted by Crippen LogP contribution is -2.24. The summed E-state index contributed by atoms with van der Waals surface area (Å²) in [6.07, 6.45) is 0. The first kappa shape index (κ1) is 21.7. The van der Waals surface area contributed by atoms with Crippen LogP contribution in [0.3, 0.4) is 0 Å². The Morgan fingerprint density at radius 1 is 1.03 bits per heavy atom. The molecule has 7 nitrogen and oxygen atoms in total. The molecule has 34 heavy (non-hydrogen) atoms. The molecule has 0 unspecified atom stereocenters. The number of benzene rings is 3. The number of fused-ring (bicyclic) bond motifs is 3. The van der Waals surface area contributed by atoms with Gasteiger partial charge in [-0.1, -0.05) is 29.8 Å². The van der Waals surface area contributed by atoms with Crippen LogP contribution >= 0.6 is 11.6 Å². The normalized spacial score (nSPS) is 11.3. The molecule has 1 amide bonds. The summed E-state index contributed by atoms with van der Waals surface area (Å²) < 4.78 is 30.0. The Balaban J connectivity index is 1.63. The van der Waals surface area contributed by atoms with Gasteiger partial charge in [0.1, 0.15) is 11.6 Å². The number of halogens is 3. The summed E-state index contributed by atoms with van der Waals surface area (Å²) >= 11 is 5.98. The predicted octanol–water partition coefficient (Wildman–Crippen LogP) is 4.58. The van der Waals surface area contributed by atoms with Crippen LogP contribution in [0.15, 0.2) is 65.5 Å². The Morgan fingerprint density at radius 2 is 1.79 bits per heavy atom. The second kappa shape index (κ2) is 8.35. The molecule has 0 aliphatic heterocycles. The molecule has 0 fully saturated rings. The standard InChI is InChI=1S/C24H16ClF2N5O2/c1-13-2-9-19-20(10-13)31(12-14-3-5-15(25)6-4-14)24(34)22-29-21(30-32(19)22)23(33)28-18-8-7-16(26)11-17(18)27/h2-11H,12H2,1H3,(H,28,33). The monoisotopic (exact) mass is 479 g/mol. The van der Waals surface area contributed by atoms with Crippen molar-refractivity contribution in [3.63, 3.8) is 0 Å². The van der Waals surface area contributed by atoms with Gasteiger partial charge in [0.05, 0.1) is 23.3 Å². The molecule has 0 aliphatic rings. The number of amides is 1. The molecule has 0 atom stereocenters. The van der Waals surface area contributed by atoms with E-state index in [1.165, 1.54) is 4.52 Å². The van der Waals surface area contributed by atoms with Gasteiger partial charge in [-0.15, -0.1) is 5.10 Å². The van der Waals surface area contributed by atoms with Gasteiger partial charge in [0.25, 0.3) is 11.5 Å². The minimum atomic E-state index is -0.941. The highest BCUT2D eigenvalue weighted by Gasteiger charge is 2.20. The van der Waals surface area contributed by atoms with Crippen LogP contribution in [0.1, 0.15) is 21.7 Å². The van der Waals surface area contributed by atoms with Crippen molar-refractivity contribution >= 4 is 39.9 Å². The molecule has 1 N–H and O–H groups in total. The number of nitrogens with zero attached hydrogens (tertiary/aromatic N) is 4. The Labute approximate surface area is 196 Å². The predicted molar refractivity (Wildman–Crippen MR) is 124 cm³/mol. The van der Waals surface area contributed by atoms with Gasteiger partial charge in [-0.05, 0) is 54.4 Å². The van der Waals surface area contributed by atoms with E-state index >= 15 is 0 Å². The molecule has 2 heterocycles. The van der Waals surface area contributed by atoms with Crippen LogP contribution in [0.4, 0.5) is 14.5 Å². The summed E-state index contributed by atoms with van der Waals surface area (Å²) in [5.41, 5.74) is 2.21. The number of carbonyl (C=O) groups is 1. The zero-order chi connectivity index (χ0) is 24.0. The van der Waals surface area contributed by atoms with E-state index in [2.05, 4.69) is 15.4 Å². The molecular formula is C24H16ClF2N5O2. The van der Waals surface area contributed by atoms with Crippen LogP contribution in [0, 0.1) is 18.6 Å². The highest BCUT2D eigenvalue weighted by Crippen LogP contribution is 2.19. The first-order chi connectivity index (χ1) is 16.3. The zero-order valence-electron chi connectivity index (χ0n) is 17.7. The number of anilines is 1. The average Bonchev–Trinajstić information content (AvgIpc) is 3.26. The van der Waals surface area contributed by atoms with Gasteiger partial charge in [-0.25, -0.2) is 13.3 Å². The van der Waals surface area contributed by atoms with E-state index in [-0.39, 0.29) is 23.7 Å². The molecule has 5 rings (SSSR count). The number of hydrogen-bond acceptors (Lipinski definition) is 4. The Kier molecular flexibility index (Phi) is 5.33. The summed E-state index contributed by atoms with van der Waals surface area (Å²) in [4.78, 5) is 30.2. The largest absolute Gasteiger partial charge is 0.317 e. The summed E-state index contributed by atoms with van der Waals surface area (Å²) in [6, 6.07) is 15.4. The maximum Gasteiger partial charge on any atom is 0.296 e. The number of hydrogen-bond donors (Lipinski definition) is 1. The summed E-state index contributed by atoms with van der Waals surface area (Å²) in [7, 11) is 0.